The maximum atomic E-state index is 13.1. The van der Waals surface area contributed by atoms with Crippen molar-refractivity contribution >= 4 is 23.6 Å². The summed E-state index contributed by atoms with van der Waals surface area (Å²) in [6.07, 6.45) is 6.21. The lowest BCUT2D eigenvalue weighted by Crippen LogP contribution is -2.55. The minimum absolute atomic E-state index is 0.00832. The molecule has 9 heteroatoms. The first-order valence-corrected chi connectivity index (χ1v) is 11.6. The fourth-order valence-corrected chi connectivity index (χ4v) is 5.34. The number of nitrogens with two attached hydrogens (primary N) is 1. The van der Waals surface area contributed by atoms with E-state index in [-0.39, 0.29) is 42.1 Å². The Kier molecular flexibility index (Phi) is 7.91. The van der Waals surface area contributed by atoms with Crippen LogP contribution in [0.15, 0.2) is 0 Å². The van der Waals surface area contributed by atoms with Gasteiger partial charge in [0.15, 0.2) is 0 Å². The van der Waals surface area contributed by atoms with Crippen molar-refractivity contribution in [2.45, 2.75) is 64.3 Å². The summed E-state index contributed by atoms with van der Waals surface area (Å²) < 4.78 is 0. The molecule has 3 heterocycles. The molecule has 0 bridgehead atoms. The van der Waals surface area contributed by atoms with Crippen LogP contribution < -0.4 is 16.4 Å². The van der Waals surface area contributed by atoms with Crippen LogP contribution in [0.5, 0.6) is 0 Å². The third kappa shape index (κ3) is 6.18. The number of nitrogens with zero attached hydrogens (tertiary/aromatic N) is 2. The Hall–Kier alpha value is -2.16. The van der Waals surface area contributed by atoms with Gasteiger partial charge in [-0.15, -0.1) is 0 Å². The van der Waals surface area contributed by atoms with E-state index in [1.54, 1.807) is 6.92 Å². The third-order valence-corrected chi connectivity index (χ3v) is 7.38. The number of rotatable bonds is 3. The quantitative estimate of drug-likeness (QED) is 0.575. The van der Waals surface area contributed by atoms with Gasteiger partial charge in [0.25, 0.3) is 0 Å². The Morgan fingerprint density at radius 3 is 2.52 bits per heavy atom. The summed E-state index contributed by atoms with van der Waals surface area (Å²) in [7, 11) is 0. The van der Waals surface area contributed by atoms with Crippen LogP contribution in [0.3, 0.4) is 0 Å². The lowest BCUT2D eigenvalue weighted by molar-refractivity contribution is -0.137. The highest BCUT2D eigenvalue weighted by Gasteiger charge is 2.41. The minimum Gasteiger partial charge on any atom is -0.370 e. The molecular formula is C22H37N5O4. The molecule has 31 heavy (non-hydrogen) atoms. The second-order valence-corrected chi connectivity index (χ2v) is 9.45. The molecule has 3 aliphatic rings. The van der Waals surface area contributed by atoms with Gasteiger partial charge in [-0.05, 0) is 51.1 Å². The predicted octanol–water partition coefficient (Wildman–Crippen LogP) is -0.0126. The second-order valence-electron chi connectivity index (χ2n) is 9.45. The van der Waals surface area contributed by atoms with Crippen molar-refractivity contribution in [1.29, 1.82) is 0 Å². The van der Waals surface area contributed by atoms with E-state index in [1.807, 2.05) is 4.90 Å². The number of amides is 4. The Labute approximate surface area is 184 Å². The molecule has 3 rings (SSSR count). The van der Waals surface area contributed by atoms with Crippen LogP contribution in [0, 0.1) is 11.3 Å². The molecule has 0 saturated carbocycles. The summed E-state index contributed by atoms with van der Waals surface area (Å²) in [5.74, 6) is -0.150. The standard InChI is InChI=1S/C22H37N5O4/c1-16(28)27-11-5-18-17(15-27)4-2-3-7-22(21(31)24-14-20(30)25-18)8-12-26(13-9-22)10-6-19(23)29/h17-18H,2-15H2,1H3,(H2,23,29)(H,24,31)(H,25,30)/t17-,18+/m0/s1. The molecule has 3 fully saturated rings. The zero-order chi connectivity index (χ0) is 22.4. The van der Waals surface area contributed by atoms with E-state index in [0.29, 0.717) is 26.1 Å². The minimum atomic E-state index is -0.458. The zero-order valence-corrected chi connectivity index (χ0v) is 18.7. The number of hydrogen-bond donors (Lipinski definition) is 3. The van der Waals surface area contributed by atoms with Crippen molar-refractivity contribution in [2.24, 2.45) is 17.1 Å². The number of fused-ring (bicyclic) bond motifs is 1. The lowest BCUT2D eigenvalue weighted by Gasteiger charge is -2.42. The van der Waals surface area contributed by atoms with E-state index in [9.17, 15) is 19.2 Å². The number of carbonyl (C=O) groups excluding carboxylic acids is 4. The highest BCUT2D eigenvalue weighted by molar-refractivity contribution is 5.88. The largest absolute Gasteiger partial charge is 0.370 e. The van der Waals surface area contributed by atoms with E-state index < -0.39 is 5.41 Å². The van der Waals surface area contributed by atoms with Crippen LogP contribution in [-0.4, -0.2) is 78.7 Å². The summed E-state index contributed by atoms with van der Waals surface area (Å²) in [5, 5.41) is 5.99. The average Bonchev–Trinajstić information content (AvgIpc) is 2.74. The van der Waals surface area contributed by atoms with Gasteiger partial charge >= 0.3 is 0 Å². The van der Waals surface area contributed by atoms with Crippen molar-refractivity contribution in [3.63, 3.8) is 0 Å². The fourth-order valence-electron chi connectivity index (χ4n) is 5.34. The monoisotopic (exact) mass is 435 g/mol. The molecule has 3 saturated heterocycles. The van der Waals surface area contributed by atoms with Crippen molar-refractivity contribution in [2.75, 3.05) is 39.3 Å². The molecule has 1 spiro atoms. The topological polar surface area (TPSA) is 125 Å². The van der Waals surface area contributed by atoms with Gasteiger partial charge in [0.05, 0.1) is 12.0 Å². The van der Waals surface area contributed by atoms with Crippen LogP contribution in [0.1, 0.15) is 58.3 Å². The maximum Gasteiger partial charge on any atom is 0.239 e. The molecule has 0 aliphatic carbocycles. The highest BCUT2D eigenvalue weighted by atomic mass is 16.2. The van der Waals surface area contributed by atoms with Gasteiger partial charge in [-0.3, -0.25) is 19.2 Å². The van der Waals surface area contributed by atoms with Gasteiger partial charge in [0, 0.05) is 39.0 Å². The van der Waals surface area contributed by atoms with Crippen LogP contribution in [0.25, 0.3) is 0 Å². The molecule has 4 amide bonds. The predicted molar refractivity (Wildman–Crippen MR) is 116 cm³/mol. The second kappa shape index (κ2) is 10.4. The summed E-state index contributed by atoms with van der Waals surface area (Å²) in [6.45, 7) is 5.08. The van der Waals surface area contributed by atoms with E-state index in [4.69, 9.17) is 5.73 Å². The molecule has 4 N–H and O–H groups in total. The molecule has 0 radical (unpaired) electrons. The third-order valence-electron chi connectivity index (χ3n) is 7.38. The van der Waals surface area contributed by atoms with E-state index in [1.165, 1.54) is 0 Å². The zero-order valence-electron chi connectivity index (χ0n) is 18.7. The van der Waals surface area contributed by atoms with Crippen molar-refractivity contribution in [3.8, 4) is 0 Å². The summed E-state index contributed by atoms with van der Waals surface area (Å²) >= 11 is 0. The summed E-state index contributed by atoms with van der Waals surface area (Å²) in [6, 6.07) is 0.0573. The lowest BCUT2D eigenvalue weighted by atomic mass is 9.73. The summed E-state index contributed by atoms with van der Waals surface area (Å²) in [5.41, 5.74) is 4.80. The van der Waals surface area contributed by atoms with Crippen LogP contribution in [0.2, 0.25) is 0 Å². The maximum absolute atomic E-state index is 13.1. The van der Waals surface area contributed by atoms with Crippen molar-refractivity contribution < 1.29 is 19.2 Å². The molecule has 0 aromatic rings. The van der Waals surface area contributed by atoms with Crippen LogP contribution >= 0.6 is 0 Å². The van der Waals surface area contributed by atoms with Gasteiger partial charge in [-0.25, -0.2) is 0 Å². The highest BCUT2D eigenvalue weighted by Crippen LogP contribution is 2.38. The average molecular weight is 436 g/mol. The Bertz CT molecular complexity index is 689. The number of carbonyl (C=O) groups is 4. The van der Waals surface area contributed by atoms with Gasteiger partial charge in [0.2, 0.25) is 23.6 Å². The number of piperidine rings is 2. The van der Waals surface area contributed by atoms with Crippen molar-refractivity contribution in [3.05, 3.63) is 0 Å². The molecule has 2 atom stereocenters. The Balaban J connectivity index is 1.62. The first-order chi connectivity index (χ1) is 14.8. The molecule has 3 aliphatic heterocycles. The normalized spacial score (nSPS) is 28.0. The molecule has 0 unspecified atom stereocenters. The Morgan fingerprint density at radius 1 is 1.10 bits per heavy atom. The molecule has 174 valence electrons. The van der Waals surface area contributed by atoms with Crippen LogP contribution in [0.4, 0.5) is 0 Å². The smallest absolute Gasteiger partial charge is 0.239 e. The molecule has 0 aromatic carbocycles. The summed E-state index contributed by atoms with van der Waals surface area (Å²) in [4.78, 5) is 52.6. The van der Waals surface area contributed by atoms with Gasteiger partial charge in [-0.1, -0.05) is 12.8 Å². The van der Waals surface area contributed by atoms with Gasteiger partial charge in [-0.2, -0.15) is 0 Å². The number of primary amides is 1. The number of hydrogen-bond acceptors (Lipinski definition) is 5. The van der Waals surface area contributed by atoms with Crippen molar-refractivity contribution in [1.82, 2.24) is 20.4 Å². The molecule has 9 nitrogen and oxygen atoms in total. The first kappa shape index (κ1) is 23.5. The number of likely N-dealkylation sites (tertiary alicyclic amines) is 2. The first-order valence-electron chi connectivity index (χ1n) is 11.6. The number of nitrogens with one attached hydrogen (secondary N) is 2. The molecular weight excluding hydrogens is 398 g/mol. The van der Waals surface area contributed by atoms with Gasteiger partial charge < -0.3 is 26.2 Å². The SMILES string of the molecule is CC(=O)N1CC[C@H]2NC(=O)CNC(=O)C3(CCCC[C@H]2C1)CCN(CCC(N)=O)CC3. The van der Waals surface area contributed by atoms with Gasteiger partial charge in [0.1, 0.15) is 0 Å². The van der Waals surface area contributed by atoms with E-state index in [0.717, 1.165) is 58.0 Å². The van der Waals surface area contributed by atoms with E-state index >= 15 is 0 Å². The van der Waals surface area contributed by atoms with Crippen LogP contribution in [-0.2, 0) is 19.2 Å². The van der Waals surface area contributed by atoms with E-state index in [2.05, 4.69) is 15.5 Å². The Morgan fingerprint density at radius 2 is 1.84 bits per heavy atom. The molecule has 0 aromatic heterocycles. The fraction of sp³-hybridized carbons (Fsp3) is 0.818.